The lowest BCUT2D eigenvalue weighted by atomic mass is 9.97. The van der Waals surface area contributed by atoms with E-state index in [2.05, 4.69) is 75.5 Å². The van der Waals surface area contributed by atoms with Gasteiger partial charge in [-0.15, -0.1) is 0 Å². The number of benzene rings is 2. The Morgan fingerprint density at radius 3 is 2.26 bits per heavy atom. The van der Waals surface area contributed by atoms with E-state index in [9.17, 15) is 0 Å². The van der Waals surface area contributed by atoms with Crippen LogP contribution in [0.1, 0.15) is 30.5 Å². The standard InChI is InChI=1S/C18H23N/c1-13(2)19-12-16-7-9-17(10-8-16)18-11-14(3)5-6-15(18)4/h5-11,13,19H,12H2,1-4H3. The molecule has 0 aliphatic carbocycles. The Kier molecular flexibility index (Phi) is 4.39. The van der Waals surface area contributed by atoms with Crippen molar-refractivity contribution in [1.82, 2.24) is 5.32 Å². The fraction of sp³-hybridized carbons (Fsp3) is 0.333. The Morgan fingerprint density at radius 2 is 1.63 bits per heavy atom. The number of aryl methyl sites for hydroxylation is 2. The van der Waals surface area contributed by atoms with Gasteiger partial charge in [0.05, 0.1) is 0 Å². The average molecular weight is 253 g/mol. The second kappa shape index (κ2) is 6.03. The van der Waals surface area contributed by atoms with Gasteiger partial charge < -0.3 is 5.32 Å². The molecule has 0 aliphatic heterocycles. The van der Waals surface area contributed by atoms with Crippen molar-refractivity contribution in [3.63, 3.8) is 0 Å². The summed E-state index contributed by atoms with van der Waals surface area (Å²) in [5.41, 5.74) is 6.62. The summed E-state index contributed by atoms with van der Waals surface area (Å²) in [6.45, 7) is 9.59. The summed E-state index contributed by atoms with van der Waals surface area (Å²) in [7, 11) is 0. The molecule has 0 fully saturated rings. The summed E-state index contributed by atoms with van der Waals surface area (Å²) in [5, 5.41) is 3.44. The van der Waals surface area contributed by atoms with Crippen LogP contribution < -0.4 is 5.32 Å². The number of hydrogen-bond acceptors (Lipinski definition) is 1. The van der Waals surface area contributed by atoms with Gasteiger partial charge in [-0.25, -0.2) is 0 Å². The normalized spacial score (nSPS) is 11.0. The molecule has 0 unspecified atom stereocenters. The van der Waals surface area contributed by atoms with E-state index in [0.29, 0.717) is 6.04 Å². The predicted molar refractivity (Wildman–Crippen MR) is 83.3 cm³/mol. The first-order valence-corrected chi connectivity index (χ1v) is 6.96. The zero-order valence-electron chi connectivity index (χ0n) is 12.3. The third kappa shape index (κ3) is 3.68. The van der Waals surface area contributed by atoms with Crippen LogP contribution >= 0.6 is 0 Å². The minimum absolute atomic E-state index is 0.527. The van der Waals surface area contributed by atoms with Gasteiger partial charge in [0.25, 0.3) is 0 Å². The summed E-state index contributed by atoms with van der Waals surface area (Å²) in [4.78, 5) is 0. The molecule has 0 saturated carbocycles. The van der Waals surface area contributed by atoms with E-state index in [-0.39, 0.29) is 0 Å². The second-order valence-electron chi connectivity index (χ2n) is 5.55. The van der Waals surface area contributed by atoms with Gasteiger partial charge in [0.15, 0.2) is 0 Å². The van der Waals surface area contributed by atoms with Crippen molar-refractivity contribution < 1.29 is 0 Å². The molecule has 0 amide bonds. The van der Waals surface area contributed by atoms with E-state index in [4.69, 9.17) is 0 Å². The lowest BCUT2D eigenvalue weighted by Crippen LogP contribution is -2.21. The third-order valence-electron chi connectivity index (χ3n) is 3.37. The minimum atomic E-state index is 0.527. The number of nitrogens with one attached hydrogen (secondary N) is 1. The van der Waals surface area contributed by atoms with Gasteiger partial charge >= 0.3 is 0 Å². The molecule has 0 aromatic heterocycles. The lowest BCUT2D eigenvalue weighted by molar-refractivity contribution is 0.589. The van der Waals surface area contributed by atoms with E-state index in [0.717, 1.165) is 6.54 Å². The van der Waals surface area contributed by atoms with E-state index >= 15 is 0 Å². The minimum Gasteiger partial charge on any atom is -0.310 e. The van der Waals surface area contributed by atoms with Gasteiger partial charge in [0.2, 0.25) is 0 Å². The van der Waals surface area contributed by atoms with Gasteiger partial charge in [-0.3, -0.25) is 0 Å². The smallest absolute Gasteiger partial charge is 0.0207 e. The molecule has 1 N–H and O–H groups in total. The van der Waals surface area contributed by atoms with Crippen LogP contribution in [0.25, 0.3) is 11.1 Å². The van der Waals surface area contributed by atoms with Crippen LogP contribution in [0.15, 0.2) is 42.5 Å². The van der Waals surface area contributed by atoms with Crippen molar-refractivity contribution in [2.75, 3.05) is 0 Å². The molecule has 0 heterocycles. The Morgan fingerprint density at radius 1 is 0.947 bits per heavy atom. The molecule has 1 nitrogen and oxygen atoms in total. The maximum absolute atomic E-state index is 3.44. The van der Waals surface area contributed by atoms with Crippen molar-refractivity contribution in [1.29, 1.82) is 0 Å². The van der Waals surface area contributed by atoms with E-state index in [1.54, 1.807) is 0 Å². The van der Waals surface area contributed by atoms with Crippen LogP contribution in [0, 0.1) is 13.8 Å². The average Bonchev–Trinajstić information content (AvgIpc) is 2.40. The SMILES string of the molecule is Cc1ccc(C)c(-c2ccc(CNC(C)C)cc2)c1. The zero-order chi connectivity index (χ0) is 13.8. The Balaban J connectivity index is 2.20. The van der Waals surface area contributed by atoms with Crippen molar-refractivity contribution in [2.45, 2.75) is 40.3 Å². The van der Waals surface area contributed by atoms with Crippen LogP contribution in [-0.2, 0) is 6.54 Å². The van der Waals surface area contributed by atoms with Gasteiger partial charge in [-0.1, -0.05) is 61.9 Å². The first kappa shape index (κ1) is 13.8. The van der Waals surface area contributed by atoms with Crippen molar-refractivity contribution in [3.05, 3.63) is 59.2 Å². The van der Waals surface area contributed by atoms with Crippen LogP contribution in [-0.4, -0.2) is 6.04 Å². The lowest BCUT2D eigenvalue weighted by Gasteiger charge is -2.10. The Hall–Kier alpha value is -1.60. The van der Waals surface area contributed by atoms with Gasteiger partial charge in [0, 0.05) is 12.6 Å². The molecule has 0 aliphatic rings. The first-order chi connectivity index (χ1) is 9.06. The molecule has 2 aromatic rings. The summed E-state index contributed by atoms with van der Waals surface area (Å²) < 4.78 is 0. The van der Waals surface area contributed by atoms with Gasteiger partial charge in [-0.2, -0.15) is 0 Å². The molecule has 0 bridgehead atoms. The third-order valence-corrected chi connectivity index (χ3v) is 3.37. The van der Waals surface area contributed by atoms with Crippen molar-refractivity contribution in [2.24, 2.45) is 0 Å². The predicted octanol–water partition coefficient (Wildman–Crippen LogP) is 4.47. The molecular formula is C18H23N. The summed E-state index contributed by atoms with van der Waals surface area (Å²) in [6.07, 6.45) is 0. The molecule has 0 radical (unpaired) electrons. The quantitative estimate of drug-likeness (QED) is 0.847. The van der Waals surface area contributed by atoms with Gasteiger partial charge in [0.1, 0.15) is 0 Å². The summed E-state index contributed by atoms with van der Waals surface area (Å²) in [6, 6.07) is 16.0. The first-order valence-electron chi connectivity index (χ1n) is 6.96. The number of rotatable bonds is 4. The van der Waals surface area contributed by atoms with E-state index in [1.807, 2.05) is 0 Å². The fourth-order valence-corrected chi connectivity index (χ4v) is 2.17. The van der Waals surface area contributed by atoms with Crippen molar-refractivity contribution >= 4 is 0 Å². The van der Waals surface area contributed by atoms with Crippen LogP contribution in [0.3, 0.4) is 0 Å². The topological polar surface area (TPSA) is 12.0 Å². The van der Waals surface area contributed by atoms with Crippen LogP contribution in [0.4, 0.5) is 0 Å². The maximum Gasteiger partial charge on any atom is 0.0207 e. The van der Waals surface area contributed by atoms with Crippen LogP contribution in [0.2, 0.25) is 0 Å². The molecule has 19 heavy (non-hydrogen) atoms. The molecule has 0 atom stereocenters. The second-order valence-corrected chi connectivity index (χ2v) is 5.55. The molecule has 2 rings (SSSR count). The van der Waals surface area contributed by atoms with Gasteiger partial charge in [-0.05, 0) is 36.1 Å². The molecule has 0 saturated heterocycles. The van der Waals surface area contributed by atoms with E-state index in [1.165, 1.54) is 27.8 Å². The molecule has 100 valence electrons. The number of hydrogen-bond donors (Lipinski definition) is 1. The Labute approximate surface area is 116 Å². The Bertz CT molecular complexity index is 538. The van der Waals surface area contributed by atoms with Crippen molar-refractivity contribution in [3.8, 4) is 11.1 Å². The monoisotopic (exact) mass is 253 g/mol. The molecule has 1 heteroatoms. The summed E-state index contributed by atoms with van der Waals surface area (Å²) in [5.74, 6) is 0. The highest BCUT2D eigenvalue weighted by molar-refractivity contribution is 5.68. The fourth-order valence-electron chi connectivity index (χ4n) is 2.17. The highest BCUT2D eigenvalue weighted by atomic mass is 14.9. The molecular weight excluding hydrogens is 230 g/mol. The summed E-state index contributed by atoms with van der Waals surface area (Å²) >= 11 is 0. The maximum atomic E-state index is 3.44. The zero-order valence-corrected chi connectivity index (χ0v) is 12.3. The largest absolute Gasteiger partial charge is 0.310 e. The highest BCUT2D eigenvalue weighted by Crippen LogP contribution is 2.24. The van der Waals surface area contributed by atoms with E-state index < -0.39 is 0 Å². The highest BCUT2D eigenvalue weighted by Gasteiger charge is 2.02. The molecule has 2 aromatic carbocycles. The van der Waals surface area contributed by atoms with Crippen LogP contribution in [0.5, 0.6) is 0 Å². The molecule has 0 spiro atoms.